The van der Waals surface area contributed by atoms with Gasteiger partial charge < -0.3 is 15.0 Å². The van der Waals surface area contributed by atoms with Crippen molar-refractivity contribution in [3.8, 4) is 5.75 Å². The average molecular weight is 379 g/mol. The van der Waals surface area contributed by atoms with Gasteiger partial charge in [-0.15, -0.1) is 11.3 Å². The van der Waals surface area contributed by atoms with Gasteiger partial charge in [-0.25, -0.2) is 4.98 Å². The summed E-state index contributed by atoms with van der Waals surface area (Å²) in [5, 5.41) is 5.76. The van der Waals surface area contributed by atoms with Gasteiger partial charge in [-0.2, -0.15) is 0 Å². The van der Waals surface area contributed by atoms with Crippen LogP contribution in [0.1, 0.15) is 27.2 Å². The monoisotopic (exact) mass is 379 g/mol. The molecule has 138 valence electrons. The number of anilines is 2. The Morgan fingerprint density at radius 2 is 2.04 bits per heavy atom. The number of aromatic nitrogens is 1. The van der Waals surface area contributed by atoms with Gasteiger partial charge in [0.15, 0.2) is 5.13 Å². The van der Waals surface area contributed by atoms with Crippen LogP contribution < -0.4 is 10.1 Å². The second-order valence-electron chi connectivity index (χ2n) is 6.58. The fourth-order valence-electron chi connectivity index (χ4n) is 3.36. The third-order valence-corrected chi connectivity index (χ3v) is 5.61. The minimum Gasteiger partial charge on any atom is -0.497 e. The minimum absolute atomic E-state index is 0.0128. The number of benzene rings is 2. The first-order valence-electron chi connectivity index (χ1n) is 8.87. The van der Waals surface area contributed by atoms with Gasteiger partial charge in [-0.3, -0.25) is 4.79 Å². The van der Waals surface area contributed by atoms with E-state index in [1.54, 1.807) is 7.11 Å². The number of thiazole rings is 1. The molecule has 1 aliphatic heterocycles. The summed E-state index contributed by atoms with van der Waals surface area (Å²) in [5.41, 5.74) is 5.32. The van der Waals surface area contributed by atoms with E-state index < -0.39 is 0 Å². The number of aryl methyl sites for hydroxylation is 1. The highest BCUT2D eigenvalue weighted by Gasteiger charge is 2.24. The van der Waals surface area contributed by atoms with E-state index >= 15 is 0 Å². The summed E-state index contributed by atoms with van der Waals surface area (Å²) in [6.07, 6.45) is 0.898. The molecular formula is C21H21N3O2S. The zero-order valence-corrected chi connectivity index (χ0v) is 16.2. The highest BCUT2D eigenvalue weighted by atomic mass is 32.1. The number of ether oxygens (including phenoxy) is 1. The van der Waals surface area contributed by atoms with E-state index in [0.29, 0.717) is 17.4 Å². The molecule has 1 aliphatic rings. The summed E-state index contributed by atoms with van der Waals surface area (Å²) >= 11 is 1.43. The first kappa shape index (κ1) is 17.5. The molecule has 0 spiro atoms. The highest BCUT2D eigenvalue weighted by Crippen LogP contribution is 2.26. The molecule has 1 aromatic heterocycles. The van der Waals surface area contributed by atoms with E-state index in [4.69, 9.17) is 4.74 Å². The maximum Gasteiger partial charge on any atom is 0.273 e. The van der Waals surface area contributed by atoms with Crippen LogP contribution in [0.25, 0.3) is 0 Å². The molecule has 0 aliphatic carbocycles. The summed E-state index contributed by atoms with van der Waals surface area (Å²) in [7, 11) is 1.64. The lowest BCUT2D eigenvalue weighted by Crippen LogP contribution is -2.36. The number of amides is 1. The molecule has 3 aromatic rings. The third-order valence-electron chi connectivity index (χ3n) is 4.85. The number of hydrogen-bond acceptors (Lipinski definition) is 5. The van der Waals surface area contributed by atoms with Crippen molar-refractivity contribution >= 4 is 28.1 Å². The molecule has 5 nitrogen and oxygen atoms in total. The summed E-state index contributed by atoms with van der Waals surface area (Å²) < 4.78 is 5.16. The van der Waals surface area contributed by atoms with Crippen molar-refractivity contribution in [2.45, 2.75) is 19.9 Å². The van der Waals surface area contributed by atoms with Crippen molar-refractivity contribution in [1.29, 1.82) is 0 Å². The fourth-order valence-corrected chi connectivity index (χ4v) is 4.07. The van der Waals surface area contributed by atoms with Crippen molar-refractivity contribution in [3.05, 3.63) is 70.2 Å². The van der Waals surface area contributed by atoms with Crippen LogP contribution in [0.3, 0.4) is 0 Å². The number of hydrogen-bond donors (Lipinski definition) is 1. The number of carbonyl (C=O) groups is 1. The second kappa shape index (κ2) is 7.40. The number of rotatable bonds is 4. The van der Waals surface area contributed by atoms with Crippen molar-refractivity contribution < 1.29 is 9.53 Å². The largest absolute Gasteiger partial charge is 0.497 e. The lowest BCUT2D eigenvalue weighted by atomic mass is 9.95. The van der Waals surface area contributed by atoms with Gasteiger partial charge in [-0.05, 0) is 54.3 Å². The molecular weight excluding hydrogens is 358 g/mol. The maximum absolute atomic E-state index is 12.9. The van der Waals surface area contributed by atoms with Crippen LogP contribution in [-0.4, -0.2) is 29.4 Å². The Morgan fingerprint density at radius 1 is 1.22 bits per heavy atom. The van der Waals surface area contributed by atoms with E-state index in [9.17, 15) is 4.79 Å². The van der Waals surface area contributed by atoms with Gasteiger partial charge >= 0.3 is 0 Å². The fraction of sp³-hybridized carbons (Fsp3) is 0.238. The Kier molecular flexibility index (Phi) is 4.81. The van der Waals surface area contributed by atoms with E-state index in [0.717, 1.165) is 24.4 Å². The summed E-state index contributed by atoms with van der Waals surface area (Å²) in [5.74, 6) is 0.789. The lowest BCUT2D eigenvalue weighted by molar-refractivity contribution is 0.0729. The van der Waals surface area contributed by atoms with Crippen molar-refractivity contribution in [3.63, 3.8) is 0 Å². The number of nitrogens with zero attached hydrogens (tertiary/aromatic N) is 2. The number of carbonyl (C=O) groups excluding carboxylic acids is 1. The Morgan fingerprint density at radius 3 is 2.81 bits per heavy atom. The molecule has 0 radical (unpaired) electrons. The topological polar surface area (TPSA) is 54.5 Å². The first-order valence-corrected chi connectivity index (χ1v) is 9.75. The molecule has 0 saturated carbocycles. The third kappa shape index (κ3) is 3.66. The maximum atomic E-state index is 12.9. The van der Waals surface area contributed by atoms with E-state index in [1.165, 1.54) is 28.0 Å². The van der Waals surface area contributed by atoms with Crippen LogP contribution in [0.4, 0.5) is 10.8 Å². The van der Waals surface area contributed by atoms with E-state index in [2.05, 4.69) is 35.4 Å². The molecule has 2 aromatic carbocycles. The van der Waals surface area contributed by atoms with Crippen LogP contribution in [0, 0.1) is 6.92 Å². The molecule has 0 saturated heterocycles. The van der Waals surface area contributed by atoms with Gasteiger partial charge in [0.25, 0.3) is 5.91 Å². The smallest absolute Gasteiger partial charge is 0.273 e. The van der Waals surface area contributed by atoms with Crippen LogP contribution >= 0.6 is 11.3 Å². The number of methoxy groups -OCH3 is 1. The van der Waals surface area contributed by atoms with E-state index in [1.807, 2.05) is 34.5 Å². The number of nitrogens with one attached hydrogen (secondary N) is 1. The van der Waals surface area contributed by atoms with Gasteiger partial charge in [0.2, 0.25) is 0 Å². The van der Waals surface area contributed by atoms with Crippen LogP contribution in [0.15, 0.2) is 47.8 Å². The van der Waals surface area contributed by atoms with Gasteiger partial charge in [-0.1, -0.05) is 18.2 Å². The van der Waals surface area contributed by atoms with Crippen LogP contribution in [0.2, 0.25) is 0 Å². The predicted molar refractivity (Wildman–Crippen MR) is 108 cm³/mol. The molecule has 27 heavy (non-hydrogen) atoms. The van der Waals surface area contributed by atoms with Crippen molar-refractivity contribution in [2.24, 2.45) is 0 Å². The quantitative estimate of drug-likeness (QED) is 0.730. The van der Waals surface area contributed by atoms with E-state index in [-0.39, 0.29) is 5.91 Å². The summed E-state index contributed by atoms with van der Waals surface area (Å²) in [6.45, 7) is 3.51. The predicted octanol–water partition coefficient (Wildman–Crippen LogP) is 4.40. The van der Waals surface area contributed by atoms with Gasteiger partial charge in [0, 0.05) is 24.2 Å². The normalized spacial score (nSPS) is 13.2. The Bertz CT molecular complexity index is 966. The second-order valence-corrected chi connectivity index (χ2v) is 7.44. The Balaban J connectivity index is 1.45. The molecule has 4 rings (SSSR count). The zero-order valence-electron chi connectivity index (χ0n) is 15.4. The summed E-state index contributed by atoms with van der Waals surface area (Å²) in [6, 6.07) is 13.9. The van der Waals surface area contributed by atoms with Crippen LogP contribution in [-0.2, 0) is 13.0 Å². The molecule has 0 atom stereocenters. The summed E-state index contributed by atoms with van der Waals surface area (Å²) in [4.78, 5) is 19.2. The van der Waals surface area contributed by atoms with Gasteiger partial charge in [0.05, 0.1) is 7.11 Å². The SMILES string of the molecule is COc1ccc(Nc2nc(C(=O)N3CCc4c(C)cccc4C3)cs2)cc1. The van der Waals surface area contributed by atoms with Crippen molar-refractivity contribution in [1.82, 2.24) is 9.88 Å². The molecule has 2 heterocycles. The molecule has 1 N–H and O–H groups in total. The van der Waals surface area contributed by atoms with Crippen molar-refractivity contribution in [2.75, 3.05) is 19.0 Å². The lowest BCUT2D eigenvalue weighted by Gasteiger charge is -2.29. The number of fused-ring (bicyclic) bond motifs is 1. The first-order chi connectivity index (χ1) is 13.1. The molecule has 0 fully saturated rings. The minimum atomic E-state index is -0.0128. The van der Waals surface area contributed by atoms with Gasteiger partial charge in [0.1, 0.15) is 11.4 Å². The Labute approximate surface area is 162 Å². The molecule has 0 bridgehead atoms. The molecule has 1 amide bonds. The molecule has 6 heteroatoms. The standard InChI is InChI=1S/C21H21N3O2S/c1-14-4-3-5-15-12-24(11-10-18(14)15)20(25)19-13-27-21(23-19)22-16-6-8-17(26-2)9-7-16/h3-9,13H,10-12H2,1-2H3,(H,22,23). The molecule has 0 unspecified atom stereocenters. The Hall–Kier alpha value is -2.86. The zero-order chi connectivity index (χ0) is 18.8. The highest BCUT2D eigenvalue weighted by molar-refractivity contribution is 7.14. The van der Waals surface area contributed by atoms with Crippen LogP contribution in [0.5, 0.6) is 5.75 Å². The average Bonchev–Trinajstić information content (AvgIpc) is 3.16.